The van der Waals surface area contributed by atoms with E-state index in [-0.39, 0.29) is 11.8 Å². The SMILES string of the molecule is Cc1c(C(=O)N2CCC[C@H](c3[nH]ncc3-c3ccccc3)C2)cnc2ccnn12. The topological polar surface area (TPSA) is 79.2 Å². The number of fused-ring (bicyclic) bond motifs is 1. The molecule has 0 spiro atoms. The fourth-order valence-corrected chi connectivity index (χ4v) is 4.22. The summed E-state index contributed by atoms with van der Waals surface area (Å²) in [5.74, 6) is 0.241. The zero-order valence-corrected chi connectivity index (χ0v) is 16.2. The number of aromatic amines is 1. The standard InChI is InChI=1S/C22H22N6O/c1-15-18(12-23-20-9-10-25-28(15)20)22(29)27-11-5-8-17(14-27)21-19(13-24-26-21)16-6-3-2-4-7-16/h2-4,6-7,9-10,12-13,17H,5,8,11,14H2,1H3,(H,24,26)/t17-/m0/s1. The summed E-state index contributed by atoms with van der Waals surface area (Å²) in [6.45, 7) is 3.33. The molecule has 1 aromatic carbocycles. The normalized spacial score (nSPS) is 17.0. The lowest BCUT2D eigenvalue weighted by Gasteiger charge is -2.33. The lowest BCUT2D eigenvalue weighted by atomic mass is 9.90. The van der Waals surface area contributed by atoms with E-state index < -0.39 is 0 Å². The van der Waals surface area contributed by atoms with Gasteiger partial charge < -0.3 is 4.90 Å². The second kappa shape index (κ2) is 7.16. The summed E-state index contributed by atoms with van der Waals surface area (Å²) in [6, 6.07) is 12.1. The van der Waals surface area contributed by atoms with Crippen LogP contribution in [-0.2, 0) is 0 Å². The van der Waals surface area contributed by atoms with Gasteiger partial charge in [-0.2, -0.15) is 10.2 Å². The van der Waals surface area contributed by atoms with Gasteiger partial charge in [-0.05, 0) is 25.3 Å². The van der Waals surface area contributed by atoms with Gasteiger partial charge in [-0.15, -0.1) is 0 Å². The molecule has 7 heteroatoms. The van der Waals surface area contributed by atoms with Crippen molar-refractivity contribution >= 4 is 11.6 Å². The summed E-state index contributed by atoms with van der Waals surface area (Å²) in [5.41, 5.74) is 5.53. The molecule has 1 N–H and O–H groups in total. The molecular weight excluding hydrogens is 364 g/mol. The van der Waals surface area contributed by atoms with E-state index >= 15 is 0 Å². The monoisotopic (exact) mass is 386 g/mol. The van der Waals surface area contributed by atoms with Gasteiger partial charge in [-0.3, -0.25) is 9.89 Å². The quantitative estimate of drug-likeness (QED) is 0.585. The van der Waals surface area contributed by atoms with Crippen molar-refractivity contribution in [3.63, 3.8) is 0 Å². The number of nitrogens with zero attached hydrogens (tertiary/aromatic N) is 5. The van der Waals surface area contributed by atoms with E-state index in [2.05, 4.69) is 32.4 Å². The second-order valence-electron chi connectivity index (χ2n) is 7.51. The van der Waals surface area contributed by atoms with Crippen molar-refractivity contribution in [3.05, 3.63) is 71.9 Å². The van der Waals surface area contributed by atoms with Crippen LogP contribution in [0.15, 0.2) is 55.0 Å². The largest absolute Gasteiger partial charge is 0.338 e. The highest BCUT2D eigenvalue weighted by molar-refractivity contribution is 5.95. The van der Waals surface area contributed by atoms with E-state index in [1.165, 1.54) is 0 Å². The van der Waals surface area contributed by atoms with Crippen LogP contribution in [0.1, 0.15) is 40.5 Å². The number of aryl methyl sites for hydroxylation is 1. The van der Waals surface area contributed by atoms with Crippen molar-refractivity contribution < 1.29 is 4.79 Å². The fraction of sp³-hybridized carbons (Fsp3) is 0.273. The average molecular weight is 386 g/mol. The van der Waals surface area contributed by atoms with Crippen molar-refractivity contribution in [1.82, 2.24) is 29.7 Å². The molecule has 146 valence electrons. The lowest BCUT2D eigenvalue weighted by Crippen LogP contribution is -2.39. The minimum Gasteiger partial charge on any atom is -0.338 e. The van der Waals surface area contributed by atoms with Crippen LogP contribution < -0.4 is 0 Å². The number of H-pyrrole nitrogens is 1. The molecule has 0 saturated carbocycles. The Morgan fingerprint density at radius 3 is 2.90 bits per heavy atom. The van der Waals surface area contributed by atoms with Crippen molar-refractivity contribution in [2.24, 2.45) is 0 Å². The lowest BCUT2D eigenvalue weighted by molar-refractivity contribution is 0.0704. The van der Waals surface area contributed by atoms with Crippen LogP contribution in [0, 0.1) is 6.92 Å². The Morgan fingerprint density at radius 2 is 2.03 bits per heavy atom. The van der Waals surface area contributed by atoms with Gasteiger partial charge in [-0.25, -0.2) is 9.50 Å². The first-order valence-electron chi connectivity index (χ1n) is 9.89. The van der Waals surface area contributed by atoms with Crippen molar-refractivity contribution in [2.45, 2.75) is 25.7 Å². The number of nitrogens with one attached hydrogen (secondary N) is 1. The Balaban J connectivity index is 1.42. The summed E-state index contributed by atoms with van der Waals surface area (Å²) < 4.78 is 1.72. The predicted molar refractivity (Wildman–Crippen MR) is 110 cm³/mol. The molecule has 4 aromatic rings. The van der Waals surface area contributed by atoms with E-state index in [1.54, 1.807) is 16.9 Å². The number of hydrogen-bond donors (Lipinski definition) is 1. The smallest absolute Gasteiger partial charge is 0.257 e. The predicted octanol–water partition coefficient (Wildman–Crippen LogP) is 3.45. The van der Waals surface area contributed by atoms with Gasteiger partial charge in [0.2, 0.25) is 0 Å². The number of piperidine rings is 1. The Kier molecular flexibility index (Phi) is 4.35. The summed E-state index contributed by atoms with van der Waals surface area (Å²) >= 11 is 0. The molecule has 7 nitrogen and oxygen atoms in total. The maximum Gasteiger partial charge on any atom is 0.257 e. The highest BCUT2D eigenvalue weighted by Crippen LogP contribution is 2.33. The van der Waals surface area contributed by atoms with Gasteiger partial charge in [0.1, 0.15) is 0 Å². The molecule has 5 rings (SSSR count). The van der Waals surface area contributed by atoms with E-state index in [0.29, 0.717) is 12.1 Å². The van der Waals surface area contributed by atoms with Gasteiger partial charge in [0, 0.05) is 42.5 Å². The summed E-state index contributed by atoms with van der Waals surface area (Å²) in [7, 11) is 0. The number of likely N-dealkylation sites (tertiary alicyclic amines) is 1. The van der Waals surface area contributed by atoms with Crippen LogP contribution in [0.2, 0.25) is 0 Å². The maximum absolute atomic E-state index is 13.3. The van der Waals surface area contributed by atoms with Crippen molar-refractivity contribution in [1.29, 1.82) is 0 Å². The van der Waals surface area contributed by atoms with Crippen LogP contribution in [0.25, 0.3) is 16.8 Å². The Hall–Kier alpha value is -3.48. The summed E-state index contributed by atoms with van der Waals surface area (Å²) in [4.78, 5) is 19.6. The number of hydrogen-bond acceptors (Lipinski definition) is 4. The zero-order valence-electron chi connectivity index (χ0n) is 16.2. The molecule has 3 aromatic heterocycles. The molecule has 0 bridgehead atoms. The first-order chi connectivity index (χ1) is 14.2. The van der Waals surface area contributed by atoms with E-state index in [4.69, 9.17) is 0 Å². The zero-order chi connectivity index (χ0) is 19.8. The molecule has 0 unspecified atom stereocenters. The van der Waals surface area contributed by atoms with Gasteiger partial charge in [0.15, 0.2) is 5.65 Å². The highest BCUT2D eigenvalue weighted by atomic mass is 16.2. The minimum atomic E-state index is 0.0119. The van der Waals surface area contributed by atoms with E-state index in [9.17, 15) is 4.79 Å². The fourth-order valence-electron chi connectivity index (χ4n) is 4.22. The Morgan fingerprint density at radius 1 is 1.17 bits per heavy atom. The van der Waals surface area contributed by atoms with Gasteiger partial charge >= 0.3 is 0 Å². The van der Waals surface area contributed by atoms with Crippen molar-refractivity contribution in [3.8, 4) is 11.1 Å². The second-order valence-corrected chi connectivity index (χ2v) is 7.51. The third-order valence-electron chi connectivity index (χ3n) is 5.76. The average Bonchev–Trinajstić information content (AvgIpc) is 3.44. The Labute approximate surface area is 168 Å². The first-order valence-corrected chi connectivity index (χ1v) is 9.89. The van der Waals surface area contributed by atoms with Gasteiger partial charge in [0.25, 0.3) is 5.91 Å². The van der Waals surface area contributed by atoms with Crippen LogP contribution in [0.5, 0.6) is 0 Å². The number of amides is 1. The third kappa shape index (κ3) is 3.08. The minimum absolute atomic E-state index is 0.0119. The van der Waals surface area contributed by atoms with Gasteiger partial charge in [0.05, 0.1) is 23.7 Å². The molecule has 4 heterocycles. The molecule has 1 aliphatic rings. The maximum atomic E-state index is 13.3. The molecule has 1 aliphatic heterocycles. The molecular formula is C22H22N6O. The Bertz CT molecular complexity index is 1160. The van der Waals surface area contributed by atoms with Gasteiger partial charge in [-0.1, -0.05) is 30.3 Å². The van der Waals surface area contributed by atoms with Crippen LogP contribution >= 0.6 is 0 Å². The molecule has 1 amide bonds. The number of carbonyl (C=O) groups is 1. The molecule has 29 heavy (non-hydrogen) atoms. The van der Waals surface area contributed by atoms with Crippen LogP contribution in [0.3, 0.4) is 0 Å². The molecule has 0 radical (unpaired) electrons. The van der Waals surface area contributed by atoms with Crippen LogP contribution in [0.4, 0.5) is 0 Å². The molecule has 0 aliphatic carbocycles. The third-order valence-corrected chi connectivity index (χ3v) is 5.76. The summed E-state index contributed by atoms with van der Waals surface area (Å²) in [5, 5.41) is 11.8. The molecule has 1 fully saturated rings. The number of aromatic nitrogens is 5. The van der Waals surface area contributed by atoms with E-state index in [0.717, 1.165) is 47.5 Å². The number of benzene rings is 1. The summed E-state index contributed by atoms with van der Waals surface area (Å²) in [6.07, 6.45) is 7.24. The van der Waals surface area contributed by atoms with Crippen molar-refractivity contribution in [2.75, 3.05) is 13.1 Å². The molecule has 1 atom stereocenters. The van der Waals surface area contributed by atoms with E-state index in [1.807, 2.05) is 42.3 Å². The first kappa shape index (κ1) is 17.6. The molecule has 1 saturated heterocycles. The number of carbonyl (C=O) groups excluding carboxylic acids is 1. The number of rotatable bonds is 3. The highest BCUT2D eigenvalue weighted by Gasteiger charge is 2.29. The van der Waals surface area contributed by atoms with Crippen LogP contribution in [-0.4, -0.2) is 48.7 Å².